The zero-order chi connectivity index (χ0) is 32.6. The van der Waals surface area contributed by atoms with E-state index in [9.17, 15) is 26.8 Å². The standard InChI is InChI=1S/C31H29F2N7O5S/c1-38-10-12-40(13-11-38)21-5-7-24(27(17-21)34-31(42)45-28-4-3-9-39(28)2)30(41)35-29-25-18-22(6-8-26(25)36-37-29)46(43,44)23-15-19(32)14-20(33)16-23/h3-9,14-18H,10-13H2,1-2H3,(H,34,42)(H2,35,36,37,41). The van der Waals surface area contributed by atoms with Crippen LogP contribution in [0.15, 0.2) is 82.7 Å². The summed E-state index contributed by atoms with van der Waals surface area (Å²) in [5.74, 6) is -2.41. The maximum atomic E-state index is 13.8. The number of amides is 2. The largest absolute Gasteiger partial charge is 0.418 e. The highest BCUT2D eigenvalue weighted by Gasteiger charge is 2.24. The predicted molar refractivity (Wildman–Crippen MR) is 167 cm³/mol. The van der Waals surface area contributed by atoms with Crippen LogP contribution in [-0.4, -0.2) is 73.3 Å². The Morgan fingerprint density at radius 1 is 0.891 bits per heavy atom. The first-order chi connectivity index (χ1) is 22.0. The molecule has 3 N–H and O–H groups in total. The number of benzene rings is 3. The lowest BCUT2D eigenvalue weighted by molar-refractivity contribution is 0.102. The first kappa shape index (κ1) is 30.7. The van der Waals surface area contributed by atoms with Crippen molar-refractivity contribution in [2.45, 2.75) is 9.79 Å². The van der Waals surface area contributed by atoms with Gasteiger partial charge in [-0.3, -0.25) is 15.2 Å². The second-order valence-corrected chi connectivity index (χ2v) is 12.8. The number of fused-ring (bicyclic) bond motifs is 1. The highest BCUT2D eigenvalue weighted by Crippen LogP contribution is 2.30. The summed E-state index contributed by atoms with van der Waals surface area (Å²) in [7, 11) is -0.563. The SMILES string of the molecule is CN1CCN(c2ccc(C(=O)Nc3n[nH]c4ccc(S(=O)(=O)c5cc(F)cc(F)c5)cc34)c(NC(=O)Oc3cccn3C)c2)CC1. The summed E-state index contributed by atoms with van der Waals surface area (Å²) in [6, 6.07) is 14.4. The average molecular weight is 650 g/mol. The molecule has 0 radical (unpaired) electrons. The van der Waals surface area contributed by atoms with Gasteiger partial charge < -0.3 is 24.4 Å². The zero-order valence-corrected chi connectivity index (χ0v) is 25.6. The number of aromatic amines is 1. The van der Waals surface area contributed by atoms with Crippen molar-refractivity contribution in [2.24, 2.45) is 7.05 Å². The normalized spacial score (nSPS) is 14.0. The van der Waals surface area contributed by atoms with Gasteiger partial charge in [-0.1, -0.05) is 0 Å². The van der Waals surface area contributed by atoms with Crippen LogP contribution in [0.3, 0.4) is 0 Å². The predicted octanol–water partition coefficient (Wildman–Crippen LogP) is 4.63. The van der Waals surface area contributed by atoms with E-state index in [4.69, 9.17) is 4.74 Å². The number of aromatic nitrogens is 3. The molecule has 0 bridgehead atoms. The van der Waals surface area contributed by atoms with Crippen molar-refractivity contribution in [3.8, 4) is 5.88 Å². The minimum atomic E-state index is -4.32. The van der Waals surface area contributed by atoms with E-state index in [1.807, 2.05) is 7.05 Å². The molecule has 1 aliphatic heterocycles. The average Bonchev–Trinajstić information content (AvgIpc) is 3.61. The van der Waals surface area contributed by atoms with Gasteiger partial charge in [-0.25, -0.2) is 22.0 Å². The number of hydrogen-bond acceptors (Lipinski definition) is 8. The number of aryl methyl sites for hydroxylation is 1. The lowest BCUT2D eigenvalue weighted by Crippen LogP contribution is -2.44. The number of carbonyl (C=O) groups excluding carboxylic acids is 2. The summed E-state index contributed by atoms with van der Waals surface area (Å²) in [5.41, 5.74) is 1.48. The Morgan fingerprint density at radius 3 is 2.33 bits per heavy atom. The molecule has 6 rings (SSSR count). The second-order valence-electron chi connectivity index (χ2n) is 10.8. The number of sulfone groups is 1. The summed E-state index contributed by atoms with van der Waals surface area (Å²) < 4.78 is 61.1. The van der Waals surface area contributed by atoms with Crippen LogP contribution in [0.4, 0.5) is 30.8 Å². The van der Waals surface area contributed by atoms with E-state index in [0.29, 0.717) is 17.5 Å². The van der Waals surface area contributed by atoms with Crippen molar-refractivity contribution in [3.05, 3.63) is 90.1 Å². The van der Waals surface area contributed by atoms with Crippen LogP contribution >= 0.6 is 0 Å². The number of ether oxygens (including phenoxy) is 1. The summed E-state index contributed by atoms with van der Waals surface area (Å²) in [4.78, 5) is 30.1. The number of rotatable bonds is 7. The van der Waals surface area contributed by atoms with Gasteiger partial charge in [0.15, 0.2) is 5.82 Å². The number of nitrogens with one attached hydrogen (secondary N) is 3. The number of likely N-dealkylation sites (N-methyl/N-ethyl adjacent to an activating group) is 1. The van der Waals surface area contributed by atoms with Gasteiger partial charge in [0.25, 0.3) is 5.91 Å². The molecule has 15 heteroatoms. The fraction of sp³-hybridized carbons (Fsp3) is 0.194. The maximum Gasteiger partial charge on any atom is 0.418 e. The van der Waals surface area contributed by atoms with Gasteiger partial charge in [-0.2, -0.15) is 5.10 Å². The molecule has 0 saturated carbocycles. The van der Waals surface area contributed by atoms with Crippen LogP contribution in [0.25, 0.3) is 10.9 Å². The molecule has 12 nitrogen and oxygen atoms in total. The van der Waals surface area contributed by atoms with Gasteiger partial charge in [-0.15, -0.1) is 0 Å². The summed E-state index contributed by atoms with van der Waals surface area (Å²) in [6.45, 7) is 3.20. The zero-order valence-electron chi connectivity index (χ0n) is 24.8. The Morgan fingerprint density at radius 2 is 1.63 bits per heavy atom. The fourth-order valence-corrected chi connectivity index (χ4v) is 6.45. The molecule has 0 aliphatic carbocycles. The molecule has 46 heavy (non-hydrogen) atoms. The minimum absolute atomic E-state index is 0.00274. The van der Waals surface area contributed by atoms with Gasteiger partial charge in [0.05, 0.1) is 26.6 Å². The van der Waals surface area contributed by atoms with Gasteiger partial charge in [0, 0.05) is 62.6 Å². The number of piperazine rings is 1. The maximum absolute atomic E-state index is 13.8. The summed E-state index contributed by atoms with van der Waals surface area (Å²) in [6.07, 6.45) is 0.914. The Labute approximate surface area is 262 Å². The lowest BCUT2D eigenvalue weighted by Gasteiger charge is -2.34. The molecular weight excluding hydrogens is 620 g/mol. The van der Waals surface area contributed by atoms with E-state index < -0.39 is 38.4 Å². The third-order valence-corrected chi connectivity index (χ3v) is 9.40. The summed E-state index contributed by atoms with van der Waals surface area (Å²) in [5, 5.41) is 12.5. The van der Waals surface area contributed by atoms with Crippen LogP contribution in [0, 0.1) is 11.6 Å². The molecule has 1 saturated heterocycles. The van der Waals surface area contributed by atoms with E-state index in [0.717, 1.165) is 44.0 Å². The quantitative estimate of drug-likeness (QED) is 0.232. The van der Waals surface area contributed by atoms with E-state index in [-0.39, 0.29) is 27.4 Å². The van der Waals surface area contributed by atoms with Gasteiger partial charge in [0.1, 0.15) is 11.6 Å². The Bertz CT molecular complexity index is 2050. The van der Waals surface area contributed by atoms with Gasteiger partial charge in [-0.05, 0) is 61.6 Å². The van der Waals surface area contributed by atoms with Crippen LogP contribution in [0.5, 0.6) is 5.88 Å². The molecule has 2 aromatic heterocycles. The Balaban J connectivity index is 1.30. The lowest BCUT2D eigenvalue weighted by atomic mass is 10.1. The van der Waals surface area contributed by atoms with Crippen molar-refractivity contribution in [1.82, 2.24) is 19.7 Å². The summed E-state index contributed by atoms with van der Waals surface area (Å²) >= 11 is 0. The monoisotopic (exact) mass is 649 g/mol. The van der Waals surface area contributed by atoms with Crippen molar-refractivity contribution in [1.29, 1.82) is 0 Å². The molecule has 238 valence electrons. The van der Waals surface area contributed by atoms with Crippen molar-refractivity contribution < 1.29 is 31.5 Å². The smallest absolute Gasteiger partial charge is 0.393 e. The van der Waals surface area contributed by atoms with Gasteiger partial charge >= 0.3 is 6.09 Å². The third kappa shape index (κ3) is 6.27. The first-order valence-corrected chi connectivity index (χ1v) is 15.6. The van der Waals surface area contributed by atoms with E-state index in [1.54, 1.807) is 48.1 Å². The van der Waals surface area contributed by atoms with Crippen LogP contribution in [0.2, 0.25) is 0 Å². The number of carbonyl (C=O) groups is 2. The molecule has 0 atom stereocenters. The Kier molecular flexibility index (Phi) is 8.19. The molecule has 1 fully saturated rings. The molecule has 3 aromatic carbocycles. The second kappa shape index (κ2) is 12.3. The highest BCUT2D eigenvalue weighted by atomic mass is 32.2. The van der Waals surface area contributed by atoms with Crippen molar-refractivity contribution in [3.63, 3.8) is 0 Å². The van der Waals surface area contributed by atoms with E-state index in [1.165, 1.54) is 18.2 Å². The first-order valence-electron chi connectivity index (χ1n) is 14.2. The number of nitrogens with zero attached hydrogens (tertiary/aromatic N) is 4. The Hall–Kier alpha value is -5.28. The van der Waals surface area contributed by atoms with Crippen LogP contribution < -0.4 is 20.3 Å². The number of halogens is 2. The molecule has 0 spiro atoms. The number of anilines is 3. The van der Waals surface area contributed by atoms with Crippen LogP contribution in [0.1, 0.15) is 10.4 Å². The fourth-order valence-electron chi connectivity index (χ4n) is 5.13. The molecule has 3 heterocycles. The number of H-pyrrole nitrogens is 1. The third-order valence-electron chi connectivity index (χ3n) is 7.67. The van der Waals surface area contributed by atoms with Crippen molar-refractivity contribution >= 4 is 49.9 Å². The number of hydrogen-bond donors (Lipinski definition) is 3. The molecule has 1 aliphatic rings. The minimum Gasteiger partial charge on any atom is -0.393 e. The molecular formula is C31H29F2N7O5S. The van der Waals surface area contributed by atoms with Crippen molar-refractivity contribution in [2.75, 3.05) is 48.8 Å². The molecule has 2 amide bonds. The van der Waals surface area contributed by atoms with Gasteiger partial charge in [0.2, 0.25) is 15.7 Å². The van der Waals surface area contributed by atoms with Crippen LogP contribution in [-0.2, 0) is 16.9 Å². The molecule has 0 unspecified atom stereocenters. The van der Waals surface area contributed by atoms with E-state index >= 15 is 0 Å². The highest BCUT2D eigenvalue weighted by molar-refractivity contribution is 7.91. The molecule has 5 aromatic rings. The topological polar surface area (TPSA) is 142 Å². The van der Waals surface area contributed by atoms with E-state index in [2.05, 4.69) is 30.6 Å².